The zero-order chi connectivity index (χ0) is 32.2. The minimum absolute atomic E-state index is 0.0219. The van der Waals surface area contributed by atoms with Gasteiger partial charge in [0.15, 0.2) is 6.04 Å². The lowest BCUT2D eigenvalue weighted by Crippen LogP contribution is -2.43. The molecule has 0 bridgehead atoms. The first kappa shape index (κ1) is 40.4. The summed E-state index contributed by atoms with van der Waals surface area (Å²) in [4.78, 5) is 44.0. The van der Waals surface area contributed by atoms with Crippen LogP contribution in [0.15, 0.2) is 48.6 Å². The summed E-state index contributed by atoms with van der Waals surface area (Å²) in [6, 6.07) is -1.55. The predicted octanol–water partition coefficient (Wildman–Crippen LogP) is 5.93. The Morgan fingerprint density at radius 2 is 1.30 bits per heavy atom. The van der Waals surface area contributed by atoms with E-state index in [1.54, 1.807) is 0 Å². The van der Waals surface area contributed by atoms with Crippen molar-refractivity contribution in [3.05, 3.63) is 48.6 Å². The average molecular weight is 630 g/mol. The number of unbranched alkanes of at least 4 members (excludes halogenated alkanes) is 6. The van der Waals surface area contributed by atoms with Gasteiger partial charge in [-0.25, -0.2) is 9.36 Å². The van der Waals surface area contributed by atoms with Gasteiger partial charge in [0.2, 0.25) is 5.91 Å². The van der Waals surface area contributed by atoms with Crippen molar-refractivity contribution in [3.63, 3.8) is 0 Å². The maximum Gasteiger partial charge on any atom is 0.472 e. The highest BCUT2D eigenvalue weighted by atomic mass is 31.2. The summed E-state index contributed by atoms with van der Waals surface area (Å²) in [5.41, 5.74) is 0. The molecule has 0 fully saturated rings. The summed E-state index contributed by atoms with van der Waals surface area (Å²) in [6.07, 6.45) is 27.4. The molecule has 0 aromatic heterocycles. The fourth-order valence-corrected chi connectivity index (χ4v) is 4.21. The number of ether oxygens (including phenoxy) is 1. The van der Waals surface area contributed by atoms with Crippen molar-refractivity contribution in [1.82, 2.24) is 5.32 Å². The number of hydrogen-bond acceptors (Lipinski definition) is 8. The van der Waals surface area contributed by atoms with Crippen LogP contribution < -0.4 is 5.32 Å². The second-order valence-corrected chi connectivity index (χ2v) is 11.4. The van der Waals surface area contributed by atoms with E-state index in [0.29, 0.717) is 6.42 Å². The van der Waals surface area contributed by atoms with Gasteiger partial charge in [-0.05, 0) is 51.4 Å². The second-order valence-electron chi connectivity index (χ2n) is 9.90. The quantitative estimate of drug-likeness (QED) is 0.0370. The molecule has 43 heavy (non-hydrogen) atoms. The van der Waals surface area contributed by atoms with Crippen LogP contribution in [0.3, 0.4) is 0 Å². The van der Waals surface area contributed by atoms with E-state index in [1.807, 2.05) is 0 Å². The van der Waals surface area contributed by atoms with Crippen molar-refractivity contribution in [2.45, 2.75) is 109 Å². The van der Waals surface area contributed by atoms with Gasteiger partial charge in [0.05, 0.1) is 13.2 Å². The largest absolute Gasteiger partial charge is 0.480 e. The highest BCUT2D eigenvalue weighted by molar-refractivity contribution is 7.47. The normalized spacial score (nSPS) is 14.9. The van der Waals surface area contributed by atoms with Crippen LogP contribution in [0.25, 0.3) is 0 Å². The van der Waals surface area contributed by atoms with E-state index in [0.717, 1.165) is 38.5 Å². The fraction of sp³-hybridized carbons (Fsp3) is 0.645. The van der Waals surface area contributed by atoms with Crippen molar-refractivity contribution in [2.75, 3.05) is 19.8 Å². The first-order valence-corrected chi connectivity index (χ1v) is 16.7. The van der Waals surface area contributed by atoms with Crippen LogP contribution in [0.4, 0.5) is 0 Å². The number of esters is 1. The maximum atomic E-state index is 11.9. The molecule has 0 rings (SSSR count). The summed E-state index contributed by atoms with van der Waals surface area (Å²) < 4.78 is 26.1. The lowest BCUT2D eigenvalue weighted by molar-refractivity contribution is -0.147. The van der Waals surface area contributed by atoms with Crippen molar-refractivity contribution in [1.29, 1.82) is 0 Å². The molecule has 3 atom stereocenters. The van der Waals surface area contributed by atoms with Crippen LogP contribution in [-0.4, -0.2) is 64.9 Å². The first-order valence-electron chi connectivity index (χ1n) is 15.2. The molecular formula is C31H52NO10P. The average Bonchev–Trinajstić information content (AvgIpc) is 2.98. The summed E-state index contributed by atoms with van der Waals surface area (Å²) in [5.74, 6) is -2.53. The Bertz CT molecular complexity index is 932. The van der Waals surface area contributed by atoms with Gasteiger partial charge in [0.1, 0.15) is 12.7 Å². The van der Waals surface area contributed by atoms with Gasteiger partial charge in [0, 0.05) is 12.8 Å². The molecule has 0 aliphatic rings. The summed E-state index contributed by atoms with van der Waals surface area (Å²) in [7, 11) is -4.72. The lowest BCUT2D eigenvalue weighted by Gasteiger charge is -2.18. The molecule has 1 amide bonds. The Morgan fingerprint density at radius 3 is 1.84 bits per heavy atom. The van der Waals surface area contributed by atoms with Crippen molar-refractivity contribution in [3.8, 4) is 0 Å². The number of allylic oxidation sites excluding steroid dienone is 8. The Kier molecular flexibility index (Phi) is 25.4. The smallest absolute Gasteiger partial charge is 0.472 e. The molecule has 3 unspecified atom stereocenters. The molecule has 0 aliphatic heterocycles. The number of rotatable bonds is 27. The Balaban J connectivity index is 3.87. The number of carboxylic acid groups (broad SMARTS) is 1. The Morgan fingerprint density at radius 1 is 0.767 bits per heavy atom. The molecule has 0 aliphatic carbocycles. The standard InChI is InChI=1S/C31H52NO10P/c1-3-5-6-7-8-9-10-11-12-13-14-15-16-17-18-19-20-21-22-23-30(35)40-24-27(33)25-41-43(38,39)42-26-28(31(36)37)32-29(34)4-2/h8-9,11-12,14-15,17-18,27-28,33H,3-7,10,13,16,19-26H2,1-2H3,(H,32,34)(H,36,37)(H,38,39)/b9-8-,12-11-,15-14-,18-17-. The van der Waals surface area contributed by atoms with E-state index in [4.69, 9.17) is 9.84 Å². The highest BCUT2D eigenvalue weighted by Gasteiger charge is 2.28. The van der Waals surface area contributed by atoms with Crippen LogP contribution in [0.1, 0.15) is 97.3 Å². The van der Waals surface area contributed by atoms with Gasteiger partial charge >= 0.3 is 19.8 Å². The van der Waals surface area contributed by atoms with E-state index in [1.165, 1.54) is 32.6 Å². The van der Waals surface area contributed by atoms with E-state index in [9.17, 15) is 28.9 Å². The van der Waals surface area contributed by atoms with Gasteiger partial charge in [0.25, 0.3) is 0 Å². The second kappa shape index (κ2) is 27.0. The number of aliphatic hydroxyl groups is 1. The van der Waals surface area contributed by atoms with Crippen LogP contribution in [0.5, 0.6) is 0 Å². The van der Waals surface area contributed by atoms with Gasteiger partial charge < -0.3 is 25.2 Å². The minimum atomic E-state index is -4.72. The summed E-state index contributed by atoms with van der Waals surface area (Å²) in [6.45, 7) is 1.79. The molecule has 0 saturated carbocycles. The van der Waals surface area contributed by atoms with Crippen LogP contribution >= 0.6 is 7.82 Å². The minimum Gasteiger partial charge on any atom is -0.480 e. The van der Waals surface area contributed by atoms with E-state index < -0.39 is 57.6 Å². The van der Waals surface area contributed by atoms with E-state index in [2.05, 4.69) is 69.9 Å². The molecule has 0 spiro atoms. The maximum absolute atomic E-state index is 11.9. The number of carboxylic acids is 1. The molecule has 246 valence electrons. The Labute approximate surface area is 256 Å². The number of carbonyl (C=O) groups excluding carboxylic acids is 2. The summed E-state index contributed by atoms with van der Waals surface area (Å²) in [5, 5.41) is 21.0. The number of aliphatic hydroxyl groups excluding tert-OH is 1. The number of carbonyl (C=O) groups is 3. The number of aliphatic carboxylic acids is 1. The molecule has 0 radical (unpaired) electrons. The van der Waals surface area contributed by atoms with Crippen molar-refractivity contribution >= 4 is 25.7 Å². The highest BCUT2D eigenvalue weighted by Crippen LogP contribution is 2.43. The third kappa shape index (κ3) is 26.8. The van der Waals surface area contributed by atoms with Crippen LogP contribution in [0.2, 0.25) is 0 Å². The van der Waals surface area contributed by atoms with Crippen LogP contribution in [-0.2, 0) is 32.7 Å². The van der Waals surface area contributed by atoms with E-state index in [-0.39, 0.29) is 12.8 Å². The first-order chi connectivity index (χ1) is 20.6. The van der Waals surface area contributed by atoms with Gasteiger partial charge in [-0.1, -0.05) is 81.7 Å². The zero-order valence-electron chi connectivity index (χ0n) is 25.7. The van der Waals surface area contributed by atoms with E-state index >= 15 is 0 Å². The molecular weight excluding hydrogens is 577 g/mol. The third-order valence-corrected chi connectivity index (χ3v) is 6.89. The Hall–Kier alpha value is -2.56. The number of phosphoric acid groups is 1. The number of amides is 1. The predicted molar refractivity (Wildman–Crippen MR) is 166 cm³/mol. The number of nitrogens with one attached hydrogen (secondary N) is 1. The van der Waals surface area contributed by atoms with Crippen molar-refractivity contribution in [2.24, 2.45) is 0 Å². The topological polar surface area (TPSA) is 169 Å². The van der Waals surface area contributed by atoms with Gasteiger partial charge in [-0.3, -0.25) is 18.6 Å². The molecule has 0 saturated heterocycles. The lowest BCUT2D eigenvalue weighted by atomic mass is 10.1. The molecule has 12 heteroatoms. The molecule has 4 N–H and O–H groups in total. The molecule has 0 aromatic carbocycles. The number of hydrogen-bond donors (Lipinski definition) is 4. The SMILES string of the molecule is CCCCC/C=C\C/C=C\C/C=C\C/C=C\CCCCCC(=O)OCC(O)COP(=O)(O)OCC(NC(=O)CC)C(=O)O. The van der Waals surface area contributed by atoms with Gasteiger partial charge in [-0.15, -0.1) is 0 Å². The molecule has 0 heterocycles. The summed E-state index contributed by atoms with van der Waals surface area (Å²) >= 11 is 0. The monoisotopic (exact) mass is 629 g/mol. The van der Waals surface area contributed by atoms with Crippen LogP contribution in [0, 0.1) is 0 Å². The van der Waals surface area contributed by atoms with Crippen molar-refractivity contribution < 1.29 is 47.8 Å². The number of phosphoric ester groups is 1. The van der Waals surface area contributed by atoms with Gasteiger partial charge in [-0.2, -0.15) is 0 Å². The molecule has 11 nitrogen and oxygen atoms in total. The molecule has 0 aromatic rings. The zero-order valence-corrected chi connectivity index (χ0v) is 26.6. The third-order valence-electron chi connectivity index (χ3n) is 5.93. The fourth-order valence-electron chi connectivity index (χ4n) is 3.44.